The van der Waals surface area contributed by atoms with Crippen LogP contribution in [0.25, 0.3) is 11.5 Å². The maximum absolute atomic E-state index is 14.0. The Balaban J connectivity index is 2.08. The summed E-state index contributed by atoms with van der Waals surface area (Å²) in [6.45, 7) is 3.91. The number of nitrogens with zero attached hydrogens (tertiary/aromatic N) is 2. The van der Waals surface area contributed by atoms with Gasteiger partial charge in [0.15, 0.2) is 5.82 Å². The molecule has 0 saturated heterocycles. The predicted molar refractivity (Wildman–Crippen MR) is 96.1 cm³/mol. The lowest BCUT2D eigenvalue weighted by Gasteiger charge is -2.15. The van der Waals surface area contributed by atoms with Crippen LogP contribution in [0.15, 0.2) is 53.5 Å². The molecule has 5 nitrogen and oxygen atoms in total. The van der Waals surface area contributed by atoms with Gasteiger partial charge in [-0.1, -0.05) is 24.3 Å². The van der Waals surface area contributed by atoms with Gasteiger partial charge in [-0.05, 0) is 37.6 Å². The number of aromatic amines is 1. The fraction of sp³-hybridized carbons (Fsp3) is 0.211. The van der Waals surface area contributed by atoms with Crippen molar-refractivity contribution in [2.45, 2.75) is 26.3 Å². The van der Waals surface area contributed by atoms with Gasteiger partial charge in [0, 0.05) is 18.7 Å². The topological polar surface area (TPSA) is 70.7 Å². The van der Waals surface area contributed by atoms with Gasteiger partial charge in [0.2, 0.25) is 0 Å². The summed E-state index contributed by atoms with van der Waals surface area (Å²) in [5.41, 5.74) is 1.12. The molecule has 3 rings (SSSR count). The normalized spacial score (nSPS) is 10.9. The van der Waals surface area contributed by atoms with Gasteiger partial charge < -0.3 is 10.3 Å². The van der Waals surface area contributed by atoms with Crippen molar-refractivity contribution >= 4 is 5.82 Å². The zero-order valence-electron chi connectivity index (χ0n) is 14.1. The van der Waals surface area contributed by atoms with Crippen LogP contribution in [0.5, 0.6) is 0 Å². The molecule has 0 unspecified atom stereocenters. The quantitative estimate of drug-likeness (QED) is 0.748. The third-order valence-electron chi connectivity index (χ3n) is 3.67. The van der Waals surface area contributed by atoms with Crippen LogP contribution in [-0.4, -0.2) is 21.0 Å². The number of rotatable bonds is 5. The van der Waals surface area contributed by atoms with Crippen molar-refractivity contribution in [1.82, 2.24) is 15.0 Å². The van der Waals surface area contributed by atoms with Gasteiger partial charge in [0.25, 0.3) is 5.56 Å². The van der Waals surface area contributed by atoms with Crippen LogP contribution in [0.3, 0.4) is 0 Å². The molecule has 25 heavy (non-hydrogen) atoms. The summed E-state index contributed by atoms with van der Waals surface area (Å²) in [7, 11) is 0. The number of hydrogen-bond acceptors (Lipinski definition) is 4. The van der Waals surface area contributed by atoms with Crippen molar-refractivity contribution in [3.8, 4) is 11.5 Å². The highest BCUT2D eigenvalue weighted by molar-refractivity contribution is 5.55. The summed E-state index contributed by atoms with van der Waals surface area (Å²) >= 11 is 0. The van der Waals surface area contributed by atoms with Gasteiger partial charge in [0.1, 0.15) is 17.3 Å². The minimum absolute atomic E-state index is 0.0743. The van der Waals surface area contributed by atoms with E-state index >= 15 is 0 Å². The smallest absolute Gasteiger partial charge is 0.256 e. The summed E-state index contributed by atoms with van der Waals surface area (Å²) in [5, 5.41) is 3.18. The van der Waals surface area contributed by atoms with Crippen molar-refractivity contribution in [3.63, 3.8) is 0 Å². The molecule has 0 spiro atoms. The van der Waals surface area contributed by atoms with Crippen LogP contribution < -0.4 is 10.9 Å². The molecule has 0 radical (unpaired) electrons. The number of anilines is 1. The lowest BCUT2D eigenvalue weighted by molar-refractivity contribution is 0.613. The van der Waals surface area contributed by atoms with Crippen molar-refractivity contribution < 1.29 is 4.39 Å². The first-order chi connectivity index (χ1) is 12.0. The summed E-state index contributed by atoms with van der Waals surface area (Å²) in [6, 6.07) is 11.9. The van der Waals surface area contributed by atoms with Crippen LogP contribution in [0.4, 0.5) is 10.2 Å². The lowest BCUT2D eigenvalue weighted by Crippen LogP contribution is -2.22. The second-order valence-corrected chi connectivity index (χ2v) is 6.02. The molecule has 6 heteroatoms. The van der Waals surface area contributed by atoms with E-state index in [1.54, 1.807) is 36.5 Å². The Labute approximate surface area is 145 Å². The molecule has 2 N–H and O–H groups in total. The molecule has 0 atom stereocenters. The highest BCUT2D eigenvalue weighted by atomic mass is 19.1. The Morgan fingerprint density at radius 3 is 2.60 bits per heavy atom. The Kier molecular flexibility index (Phi) is 4.88. The average molecular weight is 338 g/mol. The number of hydrogen-bond donors (Lipinski definition) is 2. The van der Waals surface area contributed by atoms with E-state index in [0.29, 0.717) is 28.5 Å². The van der Waals surface area contributed by atoms with E-state index in [-0.39, 0.29) is 23.8 Å². The number of aromatic nitrogens is 3. The van der Waals surface area contributed by atoms with E-state index in [9.17, 15) is 9.18 Å². The highest BCUT2D eigenvalue weighted by Crippen LogP contribution is 2.19. The van der Waals surface area contributed by atoms with Crippen LogP contribution in [0.2, 0.25) is 0 Å². The van der Waals surface area contributed by atoms with E-state index in [2.05, 4.69) is 20.3 Å². The van der Waals surface area contributed by atoms with E-state index in [0.717, 1.165) is 0 Å². The van der Waals surface area contributed by atoms with Gasteiger partial charge in [-0.25, -0.2) is 9.37 Å². The summed E-state index contributed by atoms with van der Waals surface area (Å²) in [5.74, 6) is 0.486. The van der Waals surface area contributed by atoms with Crippen LogP contribution >= 0.6 is 0 Å². The van der Waals surface area contributed by atoms with E-state index < -0.39 is 0 Å². The Morgan fingerprint density at radius 1 is 1.16 bits per heavy atom. The third kappa shape index (κ3) is 3.91. The van der Waals surface area contributed by atoms with Gasteiger partial charge in [0.05, 0.1) is 5.56 Å². The van der Waals surface area contributed by atoms with E-state index in [1.807, 2.05) is 19.9 Å². The standard InChI is InChI=1S/C19H19FN4O/c1-12(2)22-17-14(11-13-7-3-4-8-15(13)20)19(25)24-18(23-17)16-9-5-6-10-21-16/h3-10,12H,11H2,1-2H3,(H2,22,23,24,25). The summed E-state index contributed by atoms with van der Waals surface area (Å²) in [6.07, 6.45) is 1.80. The van der Waals surface area contributed by atoms with Crippen molar-refractivity contribution in [2.75, 3.05) is 5.32 Å². The maximum atomic E-state index is 14.0. The number of benzene rings is 1. The molecule has 0 fully saturated rings. The Bertz CT molecular complexity index is 922. The second kappa shape index (κ2) is 7.25. The van der Waals surface area contributed by atoms with Gasteiger partial charge in [-0.15, -0.1) is 0 Å². The van der Waals surface area contributed by atoms with Crippen LogP contribution in [0, 0.1) is 5.82 Å². The van der Waals surface area contributed by atoms with E-state index in [4.69, 9.17) is 0 Å². The lowest BCUT2D eigenvalue weighted by atomic mass is 10.1. The minimum atomic E-state index is -0.341. The number of nitrogens with one attached hydrogen (secondary N) is 2. The number of pyridine rings is 1. The molecular weight excluding hydrogens is 319 g/mol. The second-order valence-electron chi connectivity index (χ2n) is 6.02. The molecule has 2 aromatic heterocycles. The monoisotopic (exact) mass is 338 g/mol. The Morgan fingerprint density at radius 2 is 1.92 bits per heavy atom. The molecule has 128 valence electrons. The highest BCUT2D eigenvalue weighted by Gasteiger charge is 2.16. The number of halogens is 1. The molecule has 1 aromatic carbocycles. The molecular formula is C19H19FN4O. The summed E-state index contributed by atoms with van der Waals surface area (Å²) in [4.78, 5) is 24.1. The molecule has 0 aliphatic carbocycles. The molecule has 0 saturated carbocycles. The van der Waals surface area contributed by atoms with E-state index in [1.165, 1.54) is 6.07 Å². The van der Waals surface area contributed by atoms with Crippen molar-refractivity contribution in [1.29, 1.82) is 0 Å². The molecule has 0 bridgehead atoms. The molecule has 2 heterocycles. The first-order valence-electron chi connectivity index (χ1n) is 8.09. The average Bonchev–Trinajstić information content (AvgIpc) is 2.59. The minimum Gasteiger partial charge on any atom is -0.367 e. The SMILES string of the molecule is CC(C)Nc1nc(-c2ccccn2)[nH]c(=O)c1Cc1ccccc1F. The Hall–Kier alpha value is -3.02. The van der Waals surface area contributed by atoms with Crippen molar-refractivity contribution in [3.05, 3.63) is 76.0 Å². The fourth-order valence-electron chi connectivity index (χ4n) is 2.51. The zero-order chi connectivity index (χ0) is 17.8. The first kappa shape index (κ1) is 16.8. The zero-order valence-corrected chi connectivity index (χ0v) is 14.1. The van der Waals surface area contributed by atoms with Crippen LogP contribution in [0.1, 0.15) is 25.0 Å². The van der Waals surface area contributed by atoms with Crippen LogP contribution in [-0.2, 0) is 6.42 Å². The number of H-pyrrole nitrogens is 1. The first-order valence-corrected chi connectivity index (χ1v) is 8.09. The fourth-order valence-corrected chi connectivity index (χ4v) is 2.51. The maximum Gasteiger partial charge on any atom is 0.256 e. The molecule has 0 aliphatic rings. The van der Waals surface area contributed by atoms with Gasteiger partial charge >= 0.3 is 0 Å². The molecule has 3 aromatic rings. The third-order valence-corrected chi connectivity index (χ3v) is 3.67. The van der Waals surface area contributed by atoms with Gasteiger partial charge in [-0.2, -0.15) is 0 Å². The van der Waals surface area contributed by atoms with Crippen molar-refractivity contribution in [2.24, 2.45) is 0 Å². The predicted octanol–water partition coefficient (Wildman–Crippen LogP) is 3.38. The molecule has 0 aliphatic heterocycles. The molecule has 0 amide bonds. The summed E-state index contributed by atoms with van der Waals surface area (Å²) < 4.78 is 14.0. The largest absolute Gasteiger partial charge is 0.367 e. The van der Waals surface area contributed by atoms with Gasteiger partial charge in [-0.3, -0.25) is 9.78 Å².